The van der Waals surface area contributed by atoms with Crippen LogP contribution in [0.4, 0.5) is 0 Å². The summed E-state index contributed by atoms with van der Waals surface area (Å²) < 4.78 is 1.98. The maximum Gasteiger partial charge on any atom is 0.223 e. The van der Waals surface area contributed by atoms with Gasteiger partial charge < -0.3 is 9.80 Å². The molecule has 0 radical (unpaired) electrons. The normalized spacial score (nSPS) is 14.8. The summed E-state index contributed by atoms with van der Waals surface area (Å²) in [5.41, 5.74) is 5.69. The second kappa shape index (κ2) is 9.22. The van der Waals surface area contributed by atoms with Crippen molar-refractivity contribution in [3.05, 3.63) is 77.4 Å². The molecule has 30 heavy (non-hydrogen) atoms. The van der Waals surface area contributed by atoms with Crippen LogP contribution in [0.1, 0.15) is 28.9 Å². The SMILES string of the molecule is Cc1nn(-c2ccccc2)c(C)c1CCC(=O)N1CC[NH+](Cc2ccncc2)CC1. The van der Waals surface area contributed by atoms with Gasteiger partial charge >= 0.3 is 0 Å². The van der Waals surface area contributed by atoms with Gasteiger partial charge in [0.2, 0.25) is 5.91 Å². The molecule has 0 bridgehead atoms. The lowest BCUT2D eigenvalue weighted by molar-refractivity contribution is -0.917. The van der Waals surface area contributed by atoms with Crippen LogP contribution in [0.5, 0.6) is 0 Å². The quantitative estimate of drug-likeness (QED) is 0.681. The van der Waals surface area contributed by atoms with E-state index in [9.17, 15) is 4.79 Å². The predicted molar refractivity (Wildman–Crippen MR) is 117 cm³/mol. The Hall–Kier alpha value is -2.99. The summed E-state index contributed by atoms with van der Waals surface area (Å²) in [5, 5.41) is 4.70. The maximum absolute atomic E-state index is 12.8. The highest BCUT2D eigenvalue weighted by Gasteiger charge is 2.24. The molecule has 0 spiro atoms. The lowest BCUT2D eigenvalue weighted by Crippen LogP contribution is -3.13. The van der Waals surface area contributed by atoms with E-state index in [1.807, 2.05) is 47.1 Å². The van der Waals surface area contributed by atoms with E-state index in [-0.39, 0.29) is 5.91 Å². The minimum atomic E-state index is 0.254. The first kappa shape index (κ1) is 20.3. The number of nitrogens with one attached hydrogen (secondary N) is 1. The Morgan fingerprint density at radius 3 is 2.43 bits per heavy atom. The van der Waals surface area contributed by atoms with Crippen molar-refractivity contribution in [3.63, 3.8) is 0 Å². The molecule has 0 atom stereocenters. The average molecular weight is 405 g/mol. The monoisotopic (exact) mass is 404 g/mol. The number of hydrogen-bond donors (Lipinski definition) is 1. The van der Waals surface area contributed by atoms with E-state index >= 15 is 0 Å². The van der Waals surface area contributed by atoms with Gasteiger partial charge in [0, 0.05) is 30.1 Å². The summed E-state index contributed by atoms with van der Waals surface area (Å²) in [7, 11) is 0. The van der Waals surface area contributed by atoms with Crippen molar-refractivity contribution >= 4 is 5.91 Å². The molecule has 1 N–H and O–H groups in total. The van der Waals surface area contributed by atoms with E-state index in [0.717, 1.165) is 56.2 Å². The number of hydrogen-bond acceptors (Lipinski definition) is 3. The third-order valence-electron chi connectivity index (χ3n) is 6.06. The van der Waals surface area contributed by atoms with Gasteiger partial charge in [0.15, 0.2) is 0 Å². The van der Waals surface area contributed by atoms with E-state index in [1.54, 1.807) is 0 Å². The number of rotatable bonds is 6. The van der Waals surface area contributed by atoms with E-state index in [4.69, 9.17) is 5.10 Å². The minimum Gasteiger partial charge on any atom is -0.331 e. The van der Waals surface area contributed by atoms with Crippen LogP contribution in [0.3, 0.4) is 0 Å². The van der Waals surface area contributed by atoms with Gasteiger partial charge in [-0.2, -0.15) is 5.10 Å². The van der Waals surface area contributed by atoms with Gasteiger partial charge in [-0.25, -0.2) is 4.68 Å². The number of quaternary nitrogens is 1. The van der Waals surface area contributed by atoms with Gasteiger partial charge in [-0.3, -0.25) is 9.78 Å². The molecule has 1 aliphatic heterocycles. The largest absolute Gasteiger partial charge is 0.331 e. The van der Waals surface area contributed by atoms with Crippen LogP contribution in [0.2, 0.25) is 0 Å². The van der Waals surface area contributed by atoms with Crippen LogP contribution in [0.25, 0.3) is 5.69 Å². The summed E-state index contributed by atoms with van der Waals surface area (Å²) in [6.45, 7) is 8.79. The second-order valence-electron chi connectivity index (χ2n) is 8.06. The van der Waals surface area contributed by atoms with Crippen molar-refractivity contribution in [1.82, 2.24) is 19.7 Å². The van der Waals surface area contributed by atoms with E-state index < -0.39 is 0 Å². The molecule has 3 heterocycles. The van der Waals surface area contributed by atoms with Crippen LogP contribution in [0, 0.1) is 13.8 Å². The number of pyridine rings is 1. The molecule has 6 heteroatoms. The van der Waals surface area contributed by atoms with E-state index in [2.05, 4.69) is 36.2 Å². The van der Waals surface area contributed by atoms with Gasteiger partial charge in [0.05, 0.1) is 37.6 Å². The molecule has 6 nitrogen and oxygen atoms in total. The molecule has 156 valence electrons. The third kappa shape index (κ3) is 4.60. The van der Waals surface area contributed by atoms with Crippen molar-refractivity contribution < 1.29 is 9.69 Å². The van der Waals surface area contributed by atoms with Crippen LogP contribution >= 0.6 is 0 Å². The number of para-hydroxylation sites is 1. The molecule has 0 unspecified atom stereocenters. The van der Waals surface area contributed by atoms with Crippen molar-refractivity contribution in [1.29, 1.82) is 0 Å². The molecule has 1 aliphatic rings. The van der Waals surface area contributed by atoms with Gasteiger partial charge in [0.1, 0.15) is 6.54 Å². The highest BCUT2D eigenvalue weighted by Crippen LogP contribution is 2.19. The van der Waals surface area contributed by atoms with Crippen molar-refractivity contribution in [2.24, 2.45) is 0 Å². The first-order valence-electron chi connectivity index (χ1n) is 10.7. The smallest absolute Gasteiger partial charge is 0.223 e. The molecule has 1 amide bonds. The summed E-state index contributed by atoms with van der Waals surface area (Å²) in [6.07, 6.45) is 4.98. The topological polar surface area (TPSA) is 55.5 Å². The van der Waals surface area contributed by atoms with E-state index in [0.29, 0.717) is 6.42 Å². The first-order valence-corrected chi connectivity index (χ1v) is 10.7. The summed E-state index contributed by atoms with van der Waals surface area (Å²) in [6, 6.07) is 14.3. The van der Waals surface area contributed by atoms with Gasteiger partial charge in [-0.05, 0) is 50.1 Å². The molecule has 1 saturated heterocycles. The maximum atomic E-state index is 12.8. The average Bonchev–Trinajstić information content (AvgIpc) is 3.07. The number of carbonyl (C=O) groups is 1. The summed E-state index contributed by atoms with van der Waals surface area (Å²) >= 11 is 0. The lowest BCUT2D eigenvalue weighted by atomic mass is 10.1. The molecule has 3 aromatic rings. The Kier molecular flexibility index (Phi) is 6.23. The molecule has 0 aliphatic carbocycles. The zero-order valence-electron chi connectivity index (χ0n) is 17.8. The Balaban J connectivity index is 1.31. The highest BCUT2D eigenvalue weighted by molar-refractivity contribution is 5.76. The van der Waals surface area contributed by atoms with Gasteiger partial charge in [-0.1, -0.05) is 18.2 Å². The number of aromatic nitrogens is 3. The lowest BCUT2D eigenvalue weighted by Gasteiger charge is -2.32. The van der Waals surface area contributed by atoms with Crippen molar-refractivity contribution in [2.75, 3.05) is 26.2 Å². The Morgan fingerprint density at radius 2 is 1.73 bits per heavy atom. The molecule has 1 aromatic carbocycles. The molecule has 4 rings (SSSR count). The number of carbonyl (C=O) groups excluding carboxylic acids is 1. The number of aryl methyl sites for hydroxylation is 1. The van der Waals surface area contributed by atoms with Crippen LogP contribution in [-0.4, -0.2) is 51.8 Å². The van der Waals surface area contributed by atoms with Crippen molar-refractivity contribution in [3.8, 4) is 5.69 Å². The zero-order valence-corrected chi connectivity index (χ0v) is 17.8. The summed E-state index contributed by atoms with van der Waals surface area (Å²) in [4.78, 5) is 20.5. The van der Waals surface area contributed by atoms with Crippen LogP contribution < -0.4 is 4.90 Å². The van der Waals surface area contributed by atoms with Crippen LogP contribution in [-0.2, 0) is 17.8 Å². The van der Waals surface area contributed by atoms with Crippen LogP contribution in [0.15, 0.2) is 54.9 Å². The predicted octanol–water partition coefficient (Wildman–Crippen LogP) is 1.74. The first-order chi connectivity index (χ1) is 14.6. The number of benzene rings is 1. The zero-order chi connectivity index (χ0) is 20.9. The number of piperazine rings is 1. The number of amides is 1. The molecule has 0 saturated carbocycles. The minimum absolute atomic E-state index is 0.254. The fourth-order valence-corrected chi connectivity index (χ4v) is 4.29. The molecular formula is C24H30N5O+. The standard InChI is InChI=1S/C24H29N5O/c1-19-23(20(2)29(26-19)22-6-4-3-5-7-22)8-9-24(30)28-16-14-27(15-17-28)18-21-10-12-25-13-11-21/h3-7,10-13H,8-9,14-18H2,1-2H3/p+1. The van der Waals surface area contributed by atoms with Crippen molar-refractivity contribution in [2.45, 2.75) is 33.2 Å². The Morgan fingerprint density at radius 1 is 1.03 bits per heavy atom. The van der Waals surface area contributed by atoms with Gasteiger partial charge in [-0.15, -0.1) is 0 Å². The van der Waals surface area contributed by atoms with E-state index in [1.165, 1.54) is 16.0 Å². The highest BCUT2D eigenvalue weighted by atomic mass is 16.2. The number of nitrogens with zero attached hydrogens (tertiary/aromatic N) is 4. The van der Waals surface area contributed by atoms with Gasteiger partial charge in [0.25, 0.3) is 0 Å². The summed E-state index contributed by atoms with van der Waals surface area (Å²) in [5.74, 6) is 0.254. The second-order valence-corrected chi connectivity index (χ2v) is 8.06. The fraction of sp³-hybridized carbons (Fsp3) is 0.375. The third-order valence-corrected chi connectivity index (χ3v) is 6.06. The Bertz CT molecular complexity index is 976. The molecule has 2 aromatic heterocycles. The fourth-order valence-electron chi connectivity index (χ4n) is 4.29. The molecular weight excluding hydrogens is 374 g/mol. The Labute approximate surface area is 178 Å². The molecule has 1 fully saturated rings.